The molecule has 0 unspecified atom stereocenters. The quantitative estimate of drug-likeness (QED) is 0.229. The summed E-state index contributed by atoms with van der Waals surface area (Å²) >= 11 is 1.18. The lowest BCUT2D eigenvalue weighted by molar-refractivity contribution is -0.122. The van der Waals surface area contributed by atoms with Gasteiger partial charge in [-0.1, -0.05) is 11.3 Å². The smallest absolute Gasteiger partial charge is 0.332 e. The topological polar surface area (TPSA) is 135 Å². The average Bonchev–Trinajstić information content (AvgIpc) is 3.69. The van der Waals surface area contributed by atoms with Gasteiger partial charge < -0.3 is 19.8 Å². The van der Waals surface area contributed by atoms with Gasteiger partial charge in [-0.15, -0.1) is 4.80 Å². The molecule has 1 saturated heterocycles. The van der Waals surface area contributed by atoms with Crippen molar-refractivity contribution in [2.24, 2.45) is 4.99 Å². The van der Waals surface area contributed by atoms with Crippen LogP contribution in [-0.2, 0) is 16.1 Å². The van der Waals surface area contributed by atoms with E-state index in [4.69, 9.17) is 9.47 Å². The van der Waals surface area contributed by atoms with Gasteiger partial charge in [0.2, 0.25) is 5.91 Å². The highest BCUT2D eigenvalue weighted by molar-refractivity contribution is 7.21. The van der Waals surface area contributed by atoms with Crippen molar-refractivity contribution in [1.29, 1.82) is 0 Å². The second-order valence-electron chi connectivity index (χ2n) is 9.17. The number of rotatable bonds is 10. The Morgan fingerprint density at radius 1 is 1.27 bits per heavy atom. The Labute approximate surface area is 231 Å². The van der Waals surface area contributed by atoms with Gasteiger partial charge in [0.05, 0.1) is 38.0 Å². The first kappa shape index (κ1) is 27.4. The number of amides is 1. The maximum Gasteiger partial charge on any atom is 0.332 e. The standard InChI is InChI=1S/C26H28FN7O5S/c1-15-21-23(36)33(18-7-9-29-22(18)35)26(37)32(25(21)40-24(15)34-30-10-11-31-34)14-20(39-12-4-8-28-2)17-13-16(27)5-6-19(17)38-3/h5-6,8,10-11,13,18,20H,4,7,9,12,14H2,1-3H3,(H,29,35)/t18-,20-/m0/s1. The van der Waals surface area contributed by atoms with Crippen LogP contribution in [0.25, 0.3) is 15.2 Å². The fraction of sp³-hybridized carbons (Fsp3) is 0.385. The van der Waals surface area contributed by atoms with Gasteiger partial charge in [-0.3, -0.25) is 14.2 Å². The molecule has 14 heteroatoms. The number of aromatic nitrogens is 5. The van der Waals surface area contributed by atoms with E-state index in [9.17, 15) is 18.8 Å². The second kappa shape index (κ2) is 11.5. The van der Waals surface area contributed by atoms with E-state index in [1.54, 1.807) is 20.2 Å². The first-order valence-corrected chi connectivity index (χ1v) is 13.5. The highest BCUT2D eigenvalue weighted by Gasteiger charge is 2.33. The fourth-order valence-electron chi connectivity index (χ4n) is 4.88. The number of ether oxygens (including phenoxy) is 2. The maximum atomic E-state index is 14.4. The Balaban J connectivity index is 1.73. The molecule has 1 N–H and O–H groups in total. The Morgan fingerprint density at radius 3 is 2.73 bits per heavy atom. The summed E-state index contributed by atoms with van der Waals surface area (Å²) in [5, 5.41) is 11.9. The number of hydrogen-bond acceptors (Lipinski definition) is 9. The number of aryl methyl sites for hydroxylation is 1. The highest BCUT2D eigenvalue weighted by Crippen LogP contribution is 2.34. The zero-order chi connectivity index (χ0) is 28.4. The molecule has 0 radical (unpaired) electrons. The summed E-state index contributed by atoms with van der Waals surface area (Å²) in [5.41, 5.74) is -0.262. The van der Waals surface area contributed by atoms with E-state index in [-0.39, 0.29) is 18.5 Å². The summed E-state index contributed by atoms with van der Waals surface area (Å²) in [4.78, 5) is 46.2. The number of nitrogens with zero attached hydrogens (tertiary/aromatic N) is 6. The minimum Gasteiger partial charge on any atom is -0.496 e. The van der Waals surface area contributed by atoms with Crippen LogP contribution in [0.5, 0.6) is 5.75 Å². The molecular weight excluding hydrogens is 541 g/mol. The normalized spacial score (nSPS) is 16.2. The van der Waals surface area contributed by atoms with E-state index in [1.807, 2.05) is 0 Å². The first-order valence-electron chi connectivity index (χ1n) is 12.6. The van der Waals surface area contributed by atoms with Gasteiger partial charge in [-0.2, -0.15) is 10.2 Å². The largest absolute Gasteiger partial charge is 0.496 e. The van der Waals surface area contributed by atoms with Crippen LogP contribution in [0.15, 0.2) is 45.2 Å². The molecule has 0 bridgehead atoms. The van der Waals surface area contributed by atoms with E-state index in [0.29, 0.717) is 46.1 Å². The Kier molecular flexibility index (Phi) is 7.89. The minimum atomic E-state index is -0.954. The number of halogens is 1. The first-order chi connectivity index (χ1) is 19.3. The molecule has 5 rings (SSSR count). The van der Waals surface area contributed by atoms with Gasteiger partial charge in [0.1, 0.15) is 33.5 Å². The molecule has 12 nitrogen and oxygen atoms in total. The van der Waals surface area contributed by atoms with Crippen LogP contribution >= 0.6 is 11.3 Å². The predicted molar refractivity (Wildman–Crippen MR) is 147 cm³/mol. The van der Waals surface area contributed by atoms with Crippen LogP contribution in [0, 0.1) is 12.7 Å². The van der Waals surface area contributed by atoms with Crippen LogP contribution in [0.4, 0.5) is 4.39 Å². The number of benzene rings is 1. The lowest BCUT2D eigenvalue weighted by Gasteiger charge is -2.23. The SMILES string of the molecule is CN=CCCO[C@@H](Cn1c(=O)n([C@H]2CCNC2=O)c(=O)c2c(C)c(-n3nccn3)sc21)c1cc(F)ccc1OC. The third-order valence-corrected chi connectivity index (χ3v) is 8.07. The van der Waals surface area contributed by atoms with E-state index in [1.165, 1.54) is 58.4 Å². The molecule has 0 spiro atoms. The lowest BCUT2D eigenvalue weighted by Crippen LogP contribution is -2.44. The average molecular weight is 570 g/mol. The number of thiophene rings is 1. The summed E-state index contributed by atoms with van der Waals surface area (Å²) in [6.07, 6.45) is 4.66. The van der Waals surface area contributed by atoms with Gasteiger partial charge >= 0.3 is 5.69 Å². The summed E-state index contributed by atoms with van der Waals surface area (Å²) in [5.74, 6) is -0.513. The third kappa shape index (κ3) is 4.95. The van der Waals surface area contributed by atoms with E-state index in [2.05, 4.69) is 20.5 Å². The monoisotopic (exact) mass is 569 g/mol. The molecular formula is C26H28FN7O5S. The number of carbonyl (C=O) groups excluding carboxylic acids is 1. The number of carbonyl (C=O) groups is 1. The number of nitrogens with one attached hydrogen (secondary N) is 1. The van der Waals surface area contributed by atoms with Gasteiger partial charge in [-0.05, 0) is 31.5 Å². The molecule has 210 valence electrons. The van der Waals surface area contributed by atoms with Crippen molar-refractivity contribution >= 4 is 33.7 Å². The second-order valence-corrected chi connectivity index (χ2v) is 10.1. The van der Waals surface area contributed by atoms with Crippen LogP contribution in [0.3, 0.4) is 0 Å². The summed E-state index contributed by atoms with van der Waals surface area (Å²) < 4.78 is 28.5. The van der Waals surface area contributed by atoms with E-state index < -0.39 is 35.1 Å². The highest BCUT2D eigenvalue weighted by atomic mass is 32.1. The molecule has 0 saturated carbocycles. The molecule has 0 aliphatic carbocycles. The van der Waals surface area contributed by atoms with Gasteiger partial charge in [0, 0.05) is 37.4 Å². The van der Waals surface area contributed by atoms with Crippen molar-refractivity contribution in [2.75, 3.05) is 27.3 Å². The summed E-state index contributed by atoms with van der Waals surface area (Å²) in [6.45, 7) is 2.25. The zero-order valence-electron chi connectivity index (χ0n) is 22.2. The molecule has 40 heavy (non-hydrogen) atoms. The van der Waals surface area contributed by atoms with Gasteiger partial charge in [-0.25, -0.2) is 13.8 Å². The molecule has 1 aromatic carbocycles. The molecule has 4 aromatic rings. The molecule has 1 amide bonds. The number of fused-ring (bicyclic) bond motifs is 1. The van der Waals surface area contributed by atoms with Crippen molar-refractivity contribution < 1.29 is 18.7 Å². The Morgan fingerprint density at radius 2 is 2.05 bits per heavy atom. The van der Waals surface area contributed by atoms with Gasteiger partial charge in [0.15, 0.2) is 0 Å². The number of methoxy groups -OCH3 is 1. The van der Waals surface area contributed by atoms with Crippen molar-refractivity contribution in [1.82, 2.24) is 29.4 Å². The Hall–Kier alpha value is -4.17. The molecule has 3 aromatic heterocycles. The predicted octanol–water partition coefficient (Wildman–Crippen LogP) is 2.17. The molecule has 2 atom stereocenters. The van der Waals surface area contributed by atoms with Crippen LogP contribution in [0.2, 0.25) is 0 Å². The van der Waals surface area contributed by atoms with E-state index in [0.717, 1.165) is 4.57 Å². The van der Waals surface area contributed by atoms with Crippen LogP contribution < -0.4 is 21.3 Å². The Bertz CT molecular complexity index is 1690. The summed E-state index contributed by atoms with van der Waals surface area (Å²) in [7, 11) is 3.11. The van der Waals surface area contributed by atoms with Gasteiger partial charge in [0.25, 0.3) is 5.56 Å². The minimum absolute atomic E-state index is 0.0844. The van der Waals surface area contributed by atoms with Crippen LogP contribution in [0.1, 0.15) is 36.1 Å². The molecule has 1 fully saturated rings. The number of hydrogen-bond donors (Lipinski definition) is 1. The van der Waals surface area contributed by atoms with Crippen LogP contribution in [-0.4, -0.2) is 63.6 Å². The third-order valence-electron chi connectivity index (χ3n) is 6.79. The maximum absolute atomic E-state index is 14.4. The van der Waals surface area contributed by atoms with Crippen molar-refractivity contribution in [3.63, 3.8) is 0 Å². The fourth-order valence-corrected chi connectivity index (χ4v) is 6.10. The molecule has 1 aliphatic rings. The molecule has 1 aliphatic heterocycles. The van der Waals surface area contributed by atoms with E-state index >= 15 is 0 Å². The van der Waals surface area contributed by atoms with Crippen molar-refractivity contribution in [3.05, 3.63) is 68.4 Å². The lowest BCUT2D eigenvalue weighted by atomic mass is 10.1. The van der Waals surface area contributed by atoms with Crippen molar-refractivity contribution in [3.8, 4) is 10.8 Å². The summed E-state index contributed by atoms with van der Waals surface area (Å²) in [6, 6.07) is 3.12. The van der Waals surface area contributed by atoms with Crippen molar-refractivity contribution in [2.45, 2.75) is 38.5 Å². The zero-order valence-corrected chi connectivity index (χ0v) is 23.0. The molecule has 4 heterocycles. The number of aliphatic imine (C=N–C) groups is 1.